The van der Waals surface area contributed by atoms with Crippen molar-refractivity contribution in [1.29, 1.82) is 0 Å². The first kappa shape index (κ1) is 60.1. The summed E-state index contributed by atoms with van der Waals surface area (Å²) in [7, 11) is 0.950. The first-order chi connectivity index (χ1) is 41.6. The Morgan fingerprint density at radius 3 is 1.50 bits per heavy atom. The van der Waals surface area contributed by atoms with Crippen LogP contribution in [0.5, 0.6) is 11.8 Å². The Morgan fingerprint density at radius 2 is 1.01 bits per heavy atom. The van der Waals surface area contributed by atoms with E-state index in [1.165, 1.54) is 32.4 Å². The van der Waals surface area contributed by atoms with E-state index in [4.69, 9.17) is 24.3 Å². The number of nitrogens with one attached hydrogen (secondary N) is 2. The van der Waals surface area contributed by atoms with Gasteiger partial charge in [0.15, 0.2) is 0 Å². The highest BCUT2D eigenvalue weighted by Crippen LogP contribution is 2.42. The minimum atomic E-state index is -1.85. The molecule has 2 aliphatic rings. The molecule has 4 N–H and O–H groups in total. The number of hydrogen-bond donors (Lipinski definition) is 4. The molecule has 2 aromatic carbocycles. The third kappa shape index (κ3) is 13.4. The summed E-state index contributed by atoms with van der Waals surface area (Å²) in [5.74, 6) is -2.50. The van der Waals surface area contributed by atoms with E-state index in [9.17, 15) is 13.2 Å². The topological polar surface area (TPSA) is 211 Å². The molecule has 0 amide bonds. The highest BCUT2D eigenvalue weighted by atomic mass is 79.9. The molecular formula is C60H52BBrF6N12O6. The minimum absolute atomic E-state index is 0.0899. The van der Waals surface area contributed by atoms with Gasteiger partial charge in [0.1, 0.15) is 46.5 Å². The Labute approximate surface area is 497 Å². The third-order valence-electron chi connectivity index (χ3n) is 13.9. The van der Waals surface area contributed by atoms with Gasteiger partial charge in [0.25, 0.3) is 0 Å². The predicted molar refractivity (Wildman–Crippen MR) is 318 cm³/mol. The zero-order valence-corrected chi connectivity index (χ0v) is 48.0. The molecule has 2 saturated heterocycles. The number of hydrogen-bond acceptors (Lipinski definition) is 18. The zero-order chi connectivity index (χ0) is 60.6. The van der Waals surface area contributed by atoms with Gasteiger partial charge in [-0.3, -0.25) is 9.97 Å². The Hall–Kier alpha value is -9.08. The number of methoxy groups -OCH3 is 2. The number of aromatic nitrogens is 8. The number of rotatable bonds is 12. The Bertz CT molecular complexity index is 4090. The van der Waals surface area contributed by atoms with Crippen molar-refractivity contribution in [3.05, 3.63) is 173 Å². The van der Waals surface area contributed by atoms with Gasteiger partial charge in [-0.2, -0.15) is 0 Å². The number of fused-ring (bicyclic) bond motifs is 2. The van der Waals surface area contributed by atoms with Gasteiger partial charge in [-0.1, -0.05) is 12.1 Å². The van der Waals surface area contributed by atoms with Crippen LogP contribution in [0.1, 0.15) is 11.1 Å². The van der Waals surface area contributed by atoms with E-state index in [0.717, 1.165) is 49.5 Å². The summed E-state index contributed by atoms with van der Waals surface area (Å²) in [4.78, 5) is 38.7. The maximum Gasteiger partial charge on any atom is 0.491 e. The average molecular weight is 1240 g/mol. The molecule has 10 aromatic rings. The molecule has 0 aliphatic carbocycles. The second-order valence-electron chi connectivity index (χ2n) is 19.3. The number of benzene rings is 2. The van der Waals surface area contributed by atoms with Crippen LogP contribution in [0.25, 0.3) is 55.7 Å². The fourth-order valence-electron chi connectivity index (χ4n) is 9.60. The van der Waals surface area contributed by atoms with E-state index < -0.39 is 42.0 Å². The molecule has 18 nitrogen and oxygen atoms in total. The van der Waals surface area contributed by atoms with Crippen LogP contribution in [0, 0.1) is 48.8 Å². The van der Waals surface area contributed by atoms with E-state index in [1.54, 1.807) is 56.0 Å². The van der Waals surface area contributed by atoms with Crippen LogP contribution in [-0.4, -0.2) is 124 Å². The van der Waals surface area contributed by atoms with Crippen LogP contribution in [0.15, 0.2) is 127 Å². The first-order valence-electron chi connectivity index (χ1n) is 26.6. The van der Waals surface area contributed by atoms with Gasteiger partial charge < -0.3 is 49.4 Å². The molecule has 26 heteroatoms. The highest BCUT2D eigenvalue weighted by Gasteiger charge is 2.25. The van der Waals surface area contributed by atoms with Crippen molar-refractivity contribution in [3.8, 4) is 45.7 Å². The van der Waals surface area contributed by atoms with E-state index in [2.05, 4.69) is 81.0 Å². The van der Waals surface area contributed by atoms with Gasteiger partial charge in [-0.15, -0.1) is 0 Å². The van der Waals surface area contributed by atoms with E-state index in [-0.39, 0.29) is 44.6 Å². The normalized spacial score (nSPS) is 13.1. The summed E-state index contributed by atoms with van der Waals surface area (Å²) in [6.45, 7) is 8.71. The molecule has 0 atom stereocenters. The second kappa shape index (κ2) is 26.9. The van der Waals surface area contributed by atoms with Crippen LogP contribution in [0.2, 0.25) is 0 Å². The fourth-order valence-corrected chi connectivity index (χ4v) is 9.91. The Kier molecular flexibility index (Phi) is 18.8. The smallest absolute Gasteiger partial charge is 0.481 e. The maximum atomic E-state index is 15.4. The van der Waals surface area contributed by atoms with Gasteiger partial charge >= 0.3 is 7.12 Å². The molecule has 440 valence electrons. The Balaban J connectivity index is 0.000000163. The van der Waals surface area contributed by atoms with Crippen molar-refractivity contribution in [2.75, 3.05) is 87.3 Å². The third-order valence-corrected chi connectivity index (χ3v) is 14.5. The monoisotopic (exact) mass is 1240 g/mol. The summed E-state index contributed by atoms with van der Waals surface area (Å²) in [5, 5.41) is 24.3. The van der Waals surface area contributed by atoms with Crippen molar-refractivity contribution in [1.82, 2.24) is 39.9 Å². The highest BCUT2D eigenvalue weighted by molar-refractivity contribution is 9.10. The largest absolute Gasteiger partial charge is 0.491 e. The van der Waals surface area contributed by atoms with Crippen LogP contribution in [0.4, 0.5) is 60.7 Å². The van der Waals surface area contributed by atoms with E-state index >= 15 is 13.2 Å². The molecular weight excluding hydrogens is 1190 g/mol. The number of anilines is 6. The lowest BCUT2D eigenvalue weighted by Gasteiger charge is -2.28. The van der Waals surface area contributed by atoms with Gasteiger partial charge in [-0.05, 0) is 54.0 Å². The van der Waals surface area contributed by atoms with Crippen LogP contribution in [-0.2, 0) is 9.47 Å². The predicted octanol–water partition coefficient (Wildman–Crippen LogP) is 10.6. The molecule has 0 unspecified atom stereocenters. The lowest BCUT2D eigenvalue weighted by molar-refractivity contribution is 0.122. The van der Waals surface area contributed by atoms with Crippen molar-refractivity contribution < 1.29 is 55.3 Å². The summed E-state index contributed by atoms with van der Waals surface area (Å²) in [6.07, 6.45) is 8.49. The molecule has 0 spiro atoms. The van der Waals surface area contributed by atoms with Gasteiger partial charge in [-0.25, -0.2) is 56.2 Å². The zero-order valence-electron chi connectivity index (χ0n) is 46.4. The molecule has 0 radical (unpaired) electrons. The Morgan fingerprint density at radius 1 is 0.535 bits per heavy atom. The molecule has 0 bridgehead atoms. The maximum absolute atomic E-state index is 15.4. The van der Waals surface area contributed by atoms with Gasteiger partial charge in [0.2, 0.25) is 11.8 Å². The molecule has 8 aromatic heterocycles. The fraction of sp³-hybridized carbons (Fsp3) is 0.200. The summed E-state index contributed by atoms with van der Waals surface area (Å²) in [5.41, 5.74) is 6.07. The van der Waals surface area contributed by atoms with Gasteiger partial charge in [0, 0.05) is 127 Å². The SMILES string of the molecule is COc1cc(-c2cnc(N3CCOCC3)cc2Nc2c(C)c(-c3ccccn3)nc3cc(F)cc(F)c23)c(F)cn1.COc1cc(B(O)O)c(F)cn1.Cc1c(-c2ccccn2)nc2cc(F)cc(F)c2c1Nc1cc(N2CCOCC2)ncc1Br. The molecule has 0 saturated carbocycles. The van der Waals surface area contributed by atoms with Gasteiger partial charge in [0.05, 0.1) is 125 Å². The number of pyridine rings is 8. The average Bonchev–Trinajstić information content (AvgIpc) is 1.47. The molecule has 2 fully saturated rings. The number of ether oxygens (including phenoxy) is 4. The van der Waals surface area contributed by atoms with Crippen molar-refractivity contribution in [2.24, 2.45) is 0 Å². The second-order valence-corrected chi connectivity index (χ2v) is 20.2. The molecule has 10 heterocycles. The summed E-state index contributed by atoms with van der Waals surface area (Å²) >= 11 is 3.54. The standard InChI is InChI=1S/C30H25F3N6O2.C24H20BrF2N5O.C6H7BFNO3/c1-17-29(23-5-3-4-6-34-23)38-25-12-18(31)11-21(32)28(25)30(17)37-24-14-26(39-7-9-41-10-8-39)35-15-20(24)19-13-27(40-2)36-16-22(19)33;1-14-23(18-4-2-3-5-28-18)31-20-11-15(26)10-17(27)22(20)24(14)30-19-12-21(29-13-16(19)25)32-6-8-33-9-7-32;1-12-6-2-4(7(10)11)5(8)3-9-6/h3-6,11-16H,7-10H2,1-2H3,(H,35,37,38);2-5,10-13H,6-9H2,1H3,(H,29,30,31);2-3,10-11H,1H3. The van der Waals surface area contributed by atoms with Crippen molar-refractivity contribution in [2.45, 2.75) is 13.8 Å². The van der Waals surface area contributed by atoms with Crippen LogP contribution in [0.3, 0.4) is 0 Å². The number of halogens is 7. The number of nitrogens with zero attached hydrogens (tertiary/aromatic N) is 10. The van der Waals surface area contributed by atoms with Crippen molar-refractivity contribution >= 4 is 84.7 Å². The molecule has 2 aliphatic heterocycles. The van der Waals surface area contributed by atoms with E-state index in [1.807, 2.05) is 31.2 Å². The van der Waals surface area contributed by atoms with Crippen LogP contribution >= 0.6 is 15.9 Å². The number of morpholine rings is 2. The summed E-state index contributed by atoms with van der Waals surface area (Å²) < 4.78 is 108. The lowest BCUT2D eigenvalue weighted by atomic mass is 9.80. The quantitative estimate of drug-likeness (QED) is 0.0662. The van der Waals surface area contributed by atoms with E-state index in [0.29, 0.717) is 112 Å². The van der Waals surface area contributed by atoms with Crippen LogP contribution < -0.4 is 35.4 Å². The minimum Gasteiger partial charge on any atom is -0.481 e. The molecule has 86 heavy (non-hydrogen) atoms. The molecule has 12 rings (SSSR count). The lowest BCUT2D eigenvalue weighted by Crippen LogP contribution is -2.36. The first-order valence-corrected chi connectivity index (χ1v) is 27.4. The summed E-state index contributed by atoms with van der Waals surface area (Å²) in [6, 6.07) is 21.2. The van der Waals surface area contributed by atoms with Crippen molar-refractivity contribution in [3.63, 3.8) is 0 Å².